The fraction of sp³-hybridized carbons (Fsp3) is 0.280. The number of aliphatic imine (C=N–C) groups is 1. The van der Waals surface area contributed by atoms with E-state index in [2.05, 4.69) is 36.9 Å². The van der Waals surface area contributed by atoms with Crippen molar-refractivity contribution in [2.45, 2.75) is 32.1 Å². The van der Waals surface area contributed by atoms with Gasteiger partial charge in [0, 0.05) is 32.8 Å². The number of guanidine groups is 1. The maximum atomic E-state index is 13.5. The van der Waals surface area contributed by atoms with Gasteiger partial charge in [0.25, 0.3) is 11.9 Å². The van der Waals surface area contributed by atoms with Crippen LogP contribution in [0.3, 0.4) is 0 Å². The SMILES string of the molecule is CC(=O)O.CN1C(=O)C(c2ccc([Si](C)(C)C)cc2)(c2cccc(-c3cnn(C)c3)c2)N=C1N. The van der Waals surface area contributed by atoms with Gasteiger partial charge in [-0.1, -0.05) is 67.3 Å². The van der Waals surface area contributed by atoms with Gasteiger partial charge in [0.1, 0.15) is 0 Å². The molecule has 1 aromatic heterocycles. The van der Waals surface area contributed by atoms with Gasteiger partial charge in [0.05, 0.1) is 14.3 Å². The fourth-order valence-electron chi connectivity index (χ4n) is 3.89. The van der Waals surface area contributed by atoms with Crippen molar-refractivity contribution < 1.29 is 14.7 Å². The molecule has 3 aromatic rings. The normalized spacial score (nSPS) is 17.8. The highest BCUT2D eigenvalue weighted by Crippen LogP contribution is 2.40. The average molecular weight is 478 g/mol. The lowest BCUT2D eigenvalue weighted by Gasteiger charge is -2.27. The highest BCUT2D eigenvalue weighted by Gasteiger charge is 2.49. The van der Waals surface area contributed by atoms with Crippen LogP contribution in [0.1, 0.15) is 18.1 Å². The predicted molar refractivity (Wildman–Crippen MR) is 137 cm³/mol. The van der Waals surface area contributed by atoms with Crippen LogP contribution in [0.5, 0.6) is 0 Å². The molecule has 0 fully saturated rings. The molecular weight excluding hydrogens is 446 g/mol. The number of hydrogen-bond donors (Lipinski definition) is 2. The number of rotatable bonds is 4. The summed E-state index contributed by atoms with van der Waals surface area (Å²) in [6, 6.07) is 16.2. The van der Waals surface area contributed by atoms with E-state index in [1.807, 2.05) is 55.8 Å². The van der Waals surface area contributed by atoms with Crippen LogP contribution in [0.2, 0.25) is 19.6 Å². The van der Waals surface area contributed by atoms with Crippen molar-refractivity contribution in [3.05, 3.63) is 72.1 Å². The molecule has 4 rings (SSSR count). The zero-order valence-corrected chi connectivity index (χ0v) is 21.4. The number of benzene rings is 2. The molecule has 3 N–H and O–H groups in total. The van der Waals surface area contributed by atoms with Crippen molar-refractivity contribution in [1.82, 2.24) is 14.7 Å². The molecule has 1 aliphatic rings. The van der Waals surface area contributed by atoms with Gasteiger partial charge in [-0.05, 0) is 22.8 Å². The van der Waals surface area contributed by atoms with Crippen LogP contribution in [-0.4, -0.2) is 52.7 Å². The second-order valence-corrected chi connectivity index (χ2v) is 14.5. The minimum absolute atomic E-state index is 0.149. The molecule has 0 saturated heterocycles. The topological polar surface area (TPSA) is 114 Å². The lowest BCUT2D eigenvalue weighted by Crippen LogP contribution is -2.42. The van der Waals surface area contributed by atoms with Crippen LogP contribution >= 0.6 is 0 Å². The highest BCUT2D eigenvalue weighted by molar-refractivity contribution is 6.88. The molecule has 2 heterocycles. The standard InChI is InChI=1S/C23H27N5OSi.C2H4O2/c1-27-15-17(14-25-27)16-7-6-8-19(13-16)23(21(29)28(2)22(24)26-23)18-9-11-20(12-10-18)30(3,4)5;1-2(3)4/h6-15H,1-5H3,(H2,24,26);1H3,(H,3,4). The predicted octanol–water partition coefficient (Wildman–Crippen LogP) is 2.75. The van der Waals surface area contributed by atoms with Crippen molar-refractivity contribution in [3.8, 4) is 11.1 Å². The van der Waals surface area contributed by atoms with E-state index in [9.17, 15) is 4.79 Å². The van der Waals surface area contributed by atoms with Gasteiger partial charge >= 0.3 is 0 Å². The number of carbonyl (C=O) groups excluding carboxylic acids is 1. The summed E-state index contributed by atoms with van der Waals surface area (Å²) >= 11 is 0. The van der Waals surface area contributed by atoms with E-state index in [-0.39, 0.29) is 11.9 Å². The third kappa shape index (κ3) is 4.79. The Kier molecular flexibility index (Phi) is 6.79. The quantitative estimate of drug-likeness (QED) is 0.561. The van der Waals surface area contributed by atoms with E-state index in [0.717, 1.165) is 29.2 Å². The minimum atomic E-state index is -1.46. The van der Waals surface area contributed by atoms with Gasteiger partial charge in [-0.25, -0.2) is 4.99 Å². The number of nitrogens with zero attached hydrogens (tertiary/aromatic N) is 4. The fourth-order valence-corrected chi connectivity index (χ4v) is 5.06. The second-order valence-electron chi connectivity index (χ2n) is 9.37. The number of nitrogens with two attached hydrogens (primary N) is 1. The van der Waals surface area contributed by atoms with Crippen LogP contribution in [-0.2, 0) is 22.2 Å². The number of carboxylic acids is 1. The van der Waals surface area contributed by atoms with Crippen LogP contribution in [0.4, 0.5) is 0 Å². The van der Waals surface area contributed by atoms with Crippen LogP contribution in [0.15, 0.2) is 65.9 Å². The number of likely N-dealkylation sites (N-methyl/N-ethyl adjacent to an activating group) is 1. The largest absolute Gasteiger partial charge is 0.481 e. The van der Waals surface area contributed by atoms with Crippen molar-refractivity contribution in [1.29, 1.82) is 0 Å². The van der Waals surface area contributed by atoms with E-state index < -0.39 is 19.6 Å². The van der Waals surface area contributed by atoms with Gasteiger partial charge < -0.3 is 10.8 Å². The Morgan fingerprint density at radius 2 is 1.65 bits per heavy atom. The highest BCUT2D eigenvalue weighted by atomic mass is 28.3. The number of amides is 1. The van der Waals surface area contributed by atoms with Gasteiger partial charge in [-0.3, -0.25) is 19.2 Å². The van der Waals surface area contributed by atoms with E-state index in [4.69, 9.17) is 20.6 Å². The van der Waals surface area contributed by atoms with Gasteiger partial charge in [0.2, 0.25) is 0 Å². The first-order valence-corrected chi connectivity index (χ1v) is 14.4. The lowest BCUT2D eigenvalue weighted by molar-refractivity contribution is -0.134. The molecule has 1 aliphatic heterocycles. The Morgan fingerprint density at radius 3 is 2.12 bits per heavy atom. The third-order valence-corrected chi connectivity index (χ3v) is 7.79. The molecule has 0 spiro atoms. The summed E-state index contributed by atoms with van der Waals surface area (Å²) in [5.74, 6) is -0.759. The Bertz CT molecular complexity index is 1240. The monoisotopic (exact) mass is 477 g/mol. The smallest absolute Gasteiger partial charge is 0.300 e. The molecule has 1 atom stereocenters. The number of aryl methyl sites for hydroxylation is 1. The molecule has 0 aliphatic carbocycles. The van der Waals surface area contributed by atoms with Crippen LogP contribution in [0.25, 0.3) is 11.1 Å². The van der Waals surface area contributed by atoms with E-state index in [1.165, 1.54) is 10.1 Å². The Hall–Kier alpha value is -3.72. The Labute approximate surface area is 200 Å². The molecule has 8 nitrogen and oxygen atoms in total. The first-order valence-electron chi connectivity index (χ1n) is 10.9. The van der Waals surface area contributed by atoms with E-state index in [0.29, 0.717) is 0 Å². The molecule has 0 bridgehead atoms. The first kappa shape index (κ1) is 24.9. The zero-order chi connectivity index (χ0) is 25.3. The summed E-state index contributed by atoms with van der Waals surface area (Å²) in [4.78, 5) is 28.6. The summed E-state index contributed by atoms with van der Waals surface area (Å²) in [5.41, 5.74) is 8.52. The maximum absolute atomic E-state index is 13.5. The third-order valence-electron chi connectivity index (χ3n) is 5.73. The van der Waals surface area contributed by atoms with Crippen LogP contribution < -0.4 is 10.9 Å². The minimum Gasteiger partial charge on any atom is -0.481 e. The summed E-state index contributed by atoms with van der Waals surface area (Å²) in [5, 5.41) is 13.0. The maximum Gasteiger partial charge on any atom is 0.300 e. The van der Waals surface area contributed by atoms with Crippen molar-refractivity contribution in [3.63, 3.8) is 0 Å². The van der Waals surface area contributed by atoms with Crippen molar-refractivity contribution in [2.75, 3.05) is 7.05 Å². The summed E-state index contributed by atoms with van der Waals surface area (Å²) in [6.07, 6.45) is 3.77. The molecule has 34 heavy (non-hydrogen) atoms. The molecule has 178 valence electrons. The number of aliphatic carboxylic acids is 1. The summed E-state index contributed by atoms with van der Waals surface area (Å²) in [6.45, 7) is 8.00. The Balaban J connectivity index is 0.000000751. The number of carbonyl (C=O) groups is 2. The average Bonchev–Trinajstić information content (AvgIpc) is 3.30. The van der Waals surface area contributed by atoms with Gasteiger partial charge in [0.15, 0.2) is 11.5 Å². The molecule has 9 heteroatoms. The summed E-state index contributed by atoms with van der Waals surface area (Å²) < 4.78 is 1.76. The first-order chi connectivity index (χ1) is 15.9. The van der Waals surface area contributed by atoms with E-state index in [1.54, 1.807) is 11.7 Å². The molecule has 0 saturated carbocycles. The summed E-state index contributed by atoms with van der Waals surface area (Å²) in [7, 11) is 2.10. The molecule has 0 radical (unpaired) electrons. The molecule has 1 unspecified atom stereocenters. The number of hydrogen-bond acceptors (Lipinski definition) is 5. The van der Waals surface area contributed by atoms with Gasteiger partial charge in [-0.2, -0.15) is 5.10 Å². The molecule has 1 amide bonds. The van der Waals surface area contributed by atoms with Crippen molar-refractivity contribution >= 4 is 31.1 Å². The van der Waals surface area contributed by atoms with Gasteiger partial charge in [-0.15, -0.1) is 0 Å². The number of carboxylic acid groups (broad SMARTS) is 1. The van der Waals surface area contributed by atoms with Crippen LogP contribution in [0, 0.1) is 0 Å². The molecular formula is C25H31N5O3Si. The van der Waals surface area contributed by atoms with Crippen molar-refractivity contribution in [2.24, 2.45) is 17.8 Å². The molecule has 2 aromatic carbocycles. The Morgan fingerprint density at radius 1 is 1.03 bits per heavy atom. The van der Waals surface area contributed by atoms with E-state index >= 15 is 0 Å². The zero-order valence-electron chi connectivity index (χ0n) is 20.4. The second kappa shape index (κ2) is 9.26. The number of aromatic nitrogens is 2. The lowest BCUT2D eigenvalue weighted by atomic mass is 9.82.